The van der Waals surface area contributed by atoms with Crippen molar-refractivity contribution in [2.45, 2.75) is 63.9 Å². The highest BCUT2D eigenvalue weighted by atomic mass is 19.1. The second-order valence-electron chi connectivity index (χ2n) is 10.6. The summed E-state index contributed by atoms with van der Waals surface area (Å²) in [6, 6.07) is 4.84. The fraction of sp³-hybridized carbons (Fsp3) is 0.692. The molecule has 2 aliphatic heterocycles. The fourth-order valence-electron chi connectivity index (χ4n) is 5.17. The van der Waals surface area contributed by atoms with Crippen molar-refractivity contribution < 1.29 is 23.5 Å². The lowest BCUT2D eigenvalue weighted by Crippen LogP contribution is -2.42. The molecule has 2 atom stereocenters. The van der Waals surface area contributed by atoms with Gasteiger partial charge in [-0.3, -0.25) is 4.79 Å². The van der Waals surface area contributed by atoms with Crippen molar-refractivity contribution in [1.29, 1.82) is 0 Å². The number of halogens is 1. The summed E-state index contributed by atoms with van der Waals surface area (Å²) in [5, 5.41) is 0. The average molecular weight is 459 g/mol. The van der Waals surface area contributed by atoms with Crippen LogP contribution >= 0.6 is 0 Å². The van der Waals surface area contributed by atoms with Gasteiger partial charge in [-0.2, -0.15) is 0 Å². The number of piperidine rings is 1. The van der Waals surface area contributed by atoms with Crippen molar-refractivity contribution >= 4 is 12.0 Å². The van der Waals surface area contributed by atoms with E-state index >= 15 is 0 Å². The zero-order chi connectivity index (χ0) is 23.0. The van der Waals surface area contributed by atoms with Crippen LogP contribution in [-0.2, 0) is 16.0 Å². The van der Waals surface area contributed by atoms with Crippen LogP contribution in [-0.4, -0.2) is 60.2 Å². The van der Waals surface area contributed by atoms with E-state index in [1.165, 1.54) is 12.5 Å². The van der Waals surface area contributed by atoms with Crippen LogP contribution in [0.1, 0.15) is 57.4 Å². The molecule has 2 saturated carbocycles. The molecule has 0 spiro atoms. The molecule has 2 heterocycles. The zero-order valence-corrected chi connectivity index (χ0v) is 19.6. The van der Waals surface area contributed by atoms with Crippen LogP contribution < -0.4 is 4.74 Å². The number of carbonyl (C=O) groups excluding carboxylic acids is 2. The third-order valence-corrected chi connectivity index (χ3v) is 8.00. The summed E-state index contributed by atoms with van der Waals surface area (Å²) in [6.07, 6.45) is 7.28. The maximum Gasteiger partial charge on any atom is 0.410 e. The third-order valence-electron chi connectivity index (χ3n) is 8.00. The molecule has 5 rings (SSSR count). The predicted molar refractivity (Wildman–Crippen MR) is 121 cm³/mol. The van der Waals surface area contributed by atoms with Gasteiger partial charge >= 0.3 is 6.09 Å². The minimum atomic E-state index is -0.369. The molecule has 0 N–H and O–H groups in total. The van der Waals surface area contributed by atoms with Crippen molar-refractivity contribution in [3.63, 3.8) is 0 Å². The number of nitrogens with zero attached hydrogens (tertiary/aromatic N) is 2. The molecule has 2 amide bonds. The molecule has 33 heavy (non-hydrogen) atoms. The SMILES string of the molecule is CC1(OC(=O)N2CCC([C@@H]3C[C@H]3CCOc3ccc(CC(=O)N4CCC4)c(F)c3)CC2)CC1. The van der Waals surface area contributed by atoms with Crippen LogP contribution in [0.3, 0.4) is 0 Å². The maximum absolute atomic E-state index is 14.4. The minimum Gasteiger partial charge on any atom is -0.493 e. The van der Waals surface area contributed by atoms with Crippen molar-refractivity contribution in [2.75, 3.05) is 32.8 Å². The van der Waals surface area contributed by atoms with Gasteiger partial charge in [0.2, 0.25) is 5.91 Å². The van der Waals surface area contributed by atoms with E-state index in [0.29, 0.717) is 29.8 Å². The summed E-state index contributed by atoms with van der Waals surface area (Å²) >= 11 is 0. The van der Waals surface area contributed by atoms with E-state index in [0.717, 1.165) is 70.6 Å². The van der Waals surface area contributed by atoms with Gasteiger partial charge in [-0.25, -0.2) is 9.18 Å². The summed E-state index contributed by atoms with van der Waals surface area (Å²) in [4.78, 5) is 28.0. The second-order valence-corrected chi connectivity index (χ2v) is 10.6. The van der Waals surface area contributed by atoms with E-state index in [1.807, 2.05) is 11.8 Å². The fourth-order valence-corrected chi connectivity index (χ4v) is 5.17. The first-order chi connectivity index (χ1) is 15.9. The Bertz CT molecular complexity index is 890. The monoisotopic (exact) mass is 458 g/mol. The third kappa shape index (κ3) is 5.44. The second kappa shape index (κ2) is 9.15. The Morgan fingerprint density at radius 2 is 1.88 bits per heavy atom. The van der Waals surface area contributed by atoms with E-state index in [9.17, 15) is 14.0 Å². The Morgan fingerprint density at radius 1 is 1.12 bits per heavy atom. The van der Waals surface area contributed by atoms with Gasteiger partial charge in [-0.1, -0.05) is 6.07 Å². The van der Waals surface area contributed by atoms with E-state index in [2.05, 4.69) is 0 Å². The Labute approximate surface area is 195 Å². The molecule has 6 nitrogen and oxygen atoms in total. The molecule has 180 valence electrons. The van der Waals surface area contributed by atoms with Crippen LogP contribution in [0.5, 0.6) is 5.75 Å². The maximum atomic E-state index is 14.4. The molecule has 0 unspecified atom stereocenters. The number of hydrogen-bond acceptors (Lipinski definition) is 4. The van der Waals surface area contributed by atoms with E-state index in [4.69, 9.17) is 9.47 Å². The quantitative estimate of drug-likeness (QED) is 0.579. The first kappa shape index (κ1) is 22.5. The highest BCUT2D eigenvalue weighted by molar-refractivity contribution is 5.79. The van der Waals surface area contributed by atoms with Crippen LogP contribution in [0.25, 0.3) is 0 Å². The molecule has 4 fully saturated rings. The topological polar surface area (TPSA) is 59.1 Å². The number of carbonyl (C=O) groups is 2. The number of rotatable bonds is 8. The lowest BCUT2D eigenvalue weighted by molar-refractivity contribution is -0.133. The van der Waals surface area contributed by atoms with Gasteiger partial charge < -0.3 is 19.3 Å². The molecule has 2 saturated heterocycles. The molecule has 4 aliphatic rings. The molecule has 0 bridgehead atoms. The molecule has 1 aromatic rings. The number of benzene rings is 1. The van der Waals surface area contributed by atoms with Crippen molar-refractivity contribution in [3.8, 4) is 5.75 Å². The summed E-state index contributed by atoms with van der Waals surface area (Å²) in [5.41, 5.74) is 0.229. The van der Waals surface area contributed by atoms with Gasteiger partial charge in [-0.05, 0) is 81.3 Å². The Kier molecular flexibility index (Phi) is 6.23. The lowest BCUT2D eigenvalue weighted by Gasteiger charge is -2.32. The molecule has 0 radical (unpaired) electrons. The number of hydrogen-bond donors (Lipinski definition) is 0. The summed E-state index contributed by atoms with van der Waals surface area (Å²) in [5.74, 6) is 2.22. The molecular formula is C26H35FN2O4. The standard InChI is InChI=1S/C26H35FN2O4/c1-26(8-9-26)33-25(31)29-12-5-18(6-13-29)22-15-19(22)7-14-32-21-4-3-20(23(27)17-21)16-24(30)28-10-2-11-28/h3-4,17-19,22H,2,5-16H2,1H3/t19-,22+/m1/s1. The van der Waals surface area contributed by atoms with Gasteiger partial charge in [0.05, 0.1) is 13.0 Å². The molecule has 2 aliphatic carbocycles. The first-order valence-electron chi connectivity index (χ1n) is 12.6. The summed E-state index contributed by atoms with van der Waals surface area (Å²) in [6.45, 7) is 5.75. The highest BCUT2D eigenvalue weighted by Gasteiger charge is 2.45. The lowest BCUT2D eigenvalue weighted by atomic mass is 9.91. The molecule has 1 aromatic carbocycles. The number of ether oxygens (including phenoxy) is 2. The van der Waals surface area contributed by atoms with Crippen molar-refractivity contribution in [1.82, 2.24) is 9.80 Å². The van der Waals surface area contributed by atoms with E-state index in [-0.39, 0.29) is 29.8 Å². The smallest absolute Gasteiger partial charge is 0.410 e. The zero-order valence-electron chi connectivity index (χ0n) is 19.6. The molecular weight excluding hydrogens is 423 g/mol. The van der Waals surface area contributed by atoms with Crippen LogP contribution in [0, 0.1) is 23.6 Å². The van der Waals surface area contributed by atoms with Gasteiger partial charge in [-0.15, -0.1) is 0 Å². The van der Waals surface area contributed by atoms with E-state index < -0.39 is 0 Å². The number of likely N-dealkylation sites (tertiary alicyclic amines) is 2. The largest absolute Gasteiger partial charge is 0.493 e. The Hall–Kier alpha value is -2.31. The summed E-state index contributed by atoms with van der Waals surface area (Å²) < 4.78 is 25.8. The van der Waals surface area contributed by atoms with Crippen LogP contribution in [0.15, 0.2) is 18.2 Å². The average Bonchev–Trinajstić information content (AvgIpc) is 3.67. The Morgan fingerprint density at radius 3 is 2.52 bits per heavy atom. The predicted octanol–water partition coefficient (Wildman–Crippen LogP) is 4.41. The molecule has 7 heteroatoms. The minimum absolute atomic E-state index is 0.00601. The summed E-state index contributed by atoms with van der Waals surface area (Å²) in [7, 11) is 0. The van der Waals surface area contributed by atoms with Gasteiger partial charge in [0.15, 0.2) is 0 Å². The van der Waals surface area contributed by atoms with Crippen LogP contribution in [0.4, 0.5) is 9.18 Å². The normalized spacial score (nSPS) is 25.9. The molecule has 0 aromatic heterocycles. The van der Waals surface area contributed by atoms with Gasteiger partial charge in [0.25, 0.3) is 0 Å². The Balaban J connectivity index is 0.998. The van der Waals surface area contributed by atoms with Crippen LogP contribution in [0.2, 0.25) is 0 Å². The van der Waals surface area contributed by atoms with Crippen molar-refractivity contribution in [3.05, 3.63) is 29.6 Å². The van der Waals surface area contributed by atoms with E-state index in [1.54, 1.807) is 17.0 Å². The number of amides is 2. The van der Waals surface area contributed by atoms with Gasteiger partial charge in [0.1, 0.15) is 17.2 Å². The van der Waals surface area contributed by atoms with Crippen molar-refractivity contribution in [2.24, 2.45) is 17.8 Å². The van der Waals surface area contributed by atoms with Gasteiger partial charge in [0, 0.05) is 32.2 Å². The highest BCUT2D eigenvalue weighted by Crippen LogP contribution is 2.50. The first-order valence-corrected chi connectivity index (χ1v) is 12.6.